The van der Waals surface area contributed by atoms with Gasteiger partial charge in [0.2, 0.25) is 11.8 Å². The number of hydrogen-bond acceptors (Lipinski definition) is 5. The summed E-state index contributed by atoms with van der Waals surface area (Å²) in [5, 5.41) is 4.18. The van der Waals surface area contributed by atoms with E-state index in [-0.39, 0.29) is 24.2 Å². The third-order valence-electron chi connectivity index (χ3n) is 4.95. The molecule has 1 aliphatic heterocycles. The molecule has 0 bridgehead atoms. The lowest BCUT2D eigenvalue weighted by Crippen LogP contribution is -2.26. The number of aromatic nitrogens is 2. The van der Waals surface area contributed by atoms with E-state index in [4.69, 9.17) is 11.6 Å². The maximum atomic E-state index is 12.8. The largest absolute Gasteiger partial charge is 0.310 e. The number of rotatable bonds is 9. The predicted molar refractivity (Wildman–Crippen MR) is 122 cm³/mol. The van der Waals surface area contributed by atoms with Crippen LogP contribution in [0.15, 0.2) is 29.4 Å². The number of halogens is 1. The molecule has 1 N–H and O–H groups in total. The lowest BCUT2D eigenvalue weighted by atomic mass is 10.1. The summed E-state index contributed by atoms with van der Waals surface area (Å²) in [5.74, 6) is 1.66. The smallest absolute Gasteiger partial charge is 0.233 e. The van der Waals surface area contributed by atoms with Crippen molar-refractivity contribution < 1.29 is 9.59 Å². The van der Waals surface area contributed by atoms with Gasteiger partial charge in [-0.25, -0.2) is 9.97 Å². The maximum absolute atomic E-state index is 12.8. The topological polar surface area (TPSA) is 75.2 Å². The van der Waals surface area contributed by atoms with Crippen molar-refractivity contribution in [3.05, 3.63) is 40.4 Å². The summed E-state index contributed by atoms with van der Waals surface area (Å²) in [4.78, 5) is 36.3. The standard InChI is InChI=1S/C22H27ClN4O2S/c1-4-6-14(3)21(29)24-19-17-12-18(28)27(13-15-7-9-16(23)10-8-15)20(17)26-22(25-19)30-11-5-2/h7-10,14H,4-6,11-13H2,1-3H3,(H,24,25,26,29). The zero-order valence-electron chi connectivity index (χ0n) is 17.6. The van der Waals surface area contributed by atoms with Crippen molar-refractivity contribution in [1.29, 1.82) is 0 Å². The molecule has 2 heterocycles. The minimum Gasteiger partial charge on any atom is -0.310 e. The molecule has 8 heteroatoms. The molecule has 30 heavy (non-hydrogen) atoms. The minimum atomic E-state index is -0.116. The van der Waals surface area contributed by atoms with Gasteiger partial charge in [0, 0.05) is 22.3 Å². The van der Waals surface area contributed by atoms with Gasteiger partial charge in [-0.15, -0.1) is 0 Å². The van der Waals surface area contributed by atoms with Crippen LogP contribution in [0.3, 0.4) is 0 Å². The van der Waals surface area contributed by atoms with E-state index in [0.29, 0.717) is 33.9 Å². The van der Waals surface area contributed by atoms with Crippen molar-refractivity contribution in [3.63, 3.8) is 0 Å². The number of nitrogens with one attached hydrogen (secondary N) is 1. The molecule has 2 aromatic rings. The Morgan fingerprint density at radius 1 is 1.23 bits per heavy atom. The Hall–Kier alpha value is -2.12. The molecule has 0 fully saturated rings. The summed E-state index contributed by atoms with van der Waals surface area (Å²) in [6.45, 7) is 6.45. The molecule has 6 nitrogen and oxygen atoms in total. The summed E-state index contributed by atoms with van der Waals surface area (Å²) in [7, 11) is 0. The molecule has 2 amide bonds. The predicted octanol–water partition coefficient (Wildman–Crippen LogP) is 5.10. The van der Waals surface area contributed by atoms with Gasteiger partial charge in [-0.2, -0.15) is 0 Å². The van der Waals surface area contributed by atoms with E-state index < -0.39 is 0 Å². The van der Waals surface area contributed by atoms with E-state index in [1.54, 1.807) is 4.90 Å². The van der Waals surface area contributed by atoms with Crippen molar-refractivity contribution in [2.45, 2.75) is 58.2 Å². The van der Waals surface area contributed by atoms with Crippen LogP contribution in [0.25, 0.3) is 0 Å². The number of benzene rings is 1. The normalized spacial score (nSPS) is 14.0. The van der Waals surface area contributed by atoms with Crippen LogP contribution in [-0.2, 0) is 22.6 Å². The number of carbonyl (C=O) groups is 2. The Morgan fingerprint density at radius 2 is 1.97 bits per heavy atom. The third-order valence-corrected chi connectivity index (χ3v) is 6.25. The van der Waals surface area contributed by atoms with Gasteiger partial charge in [0.25, 0.3) is 0 Å². The van der Waals surface area contributed by atoms with Gasteiger partial charge in [-0.3, -0.25) is 14.5 Å². The molecule has 0 radical (unpaired) electrons. The van der Waals surface area contributed by atoms with Crippen LogP contribution < -0.4 is 10.2 Å². The van der Waals surface area contributed by atoms with Crippen molar-refractivity contribution in [2.24, 2.45) is 5.92 Å². The molecule has 160 valence electrons. The highest BCUT2D eigenvalue weighted by Gasteiger charge is 2.33. The van der Waals surface area contributed by atoms with Gasteiger partial charge in [-0.05, 0) is 30.5 Å². The molecule has 0 saturated heterocycles. The van der Waals surface area contributed by atoms with Crippen LogP contribution in [0.2, 0.25) is 5.02 Å². The van der Waals surface area contributed by atoms with Crippen LogP contribution >= 0.6 is 23.4 Å². The van der Waals surface area contributed by atoms with Crippen LogP contribution in [-0.4, -0.2) is 27.5 Å². The first kappa shape index (κ1) is 22.6. The van der Waals surface area contributed by atoms with Crippen LogP contribution in [0.1, 0.15) is 51.2 Å². The van der Waals surface area contributed by atoms with E-state index >= 15 is 0 Å². The van der Waals surface area contributed by atoms with Crippen LogP contribution in [0.4, 0.5) is 11.6 Å². The van der Waals surface area contributed by atoms with Gasteiger partial charge in [-0.1, -0.05) is 62.7 Å². The second-order valence-electron chi connectivity index (χ2n) is 7.47. The Balaban J connectivity index is 1.93. The average molecular weight is 447 g/mol. The highest BCUT2D eigenvalue weighted by molar-refractivity contribution is 7.99. The molecule has 3 rings (SSSR count). The van der Waals surface area contributed by atoms with E-state index in [0.717, 1.165) is 30.6 Å². The fraction of sp³-hybridized carbons (Fsp3) is 0.455. The lowest BCUT2D eigenvalue weighted by Gasteiger charge is -2.18. The number of hydrogen-bond donors (Lipinski definition) is 1. The Labute approximate surface area is 186 Å². The van der Waals surface area contributed by atoms with Crippen molar-refractivity contribution in [3.8, 4) is 0 Å². The SMILES string of the molecule is CCCSc1nc(NC(=O)C(C)CCC)c2c(n1)N(Cc1ccc(Cl)cc1)C(=O)C2. The summed E-state index contributed by atoms with van der Waals surface area (Å²) in [5.41, 5.74) is 1.65. The fourth-order valence-electron chi connectivity index (χ4n) is 3.30. The van der Waals surface area contributed by atoms with Crippen molar-refractivity contribution in [1.82, 2.24) is 9.97 Å². The quantitative estimate of drug-likeness (QED) is 0.428. The van der Waals surface area contributed by atoms with Crippen molar-refractivity contribution >= 4 is 46.8 Å². The summed E-state index contributed by atoms with van der Waals surface area (Å²) in [6, 6.07) is 7.41. The van der Waals surface area contributed by atoms with E-state index in [9.17, 15) is 9.59 Å². The highest BCUT2D eigenvalue weighted by atomic mass is 35.5. The summed E-state index contributed by atoms with van der Waals surface area (Å²) >= 11 is 7.51. The van der Waals surface area contributed by atoms with E-state index in [1.165, 1.54) is 11.8 Å². The van der Waals surface area contributed by atoms with Gasteiger partial charge in [0.05, 0.1) is 13.0 Å². The number of fused-ring (bicyclic) bond motifs is 1. The molecule has 1 aliphatic rings. The van der Waals surface area contributed by atoms with Crippen molar-refractivity contribution in [2.75, 3.05) is 16.0 Å². The number of nitrogens with zero attached hydrogens (tertiary/aromatic N) is 3. The average Bonchev–Trinajstić information content (AvgIpc) is 3.04. The molecule has 1 unspecified atom stereocenters. The molecular weight excluding hydrogens is 420 g/mol. The first-order chi connectivity index (χ1) is 14.4. The molecule has 0 aliphatic carbocycles. The number of carbonyl (C=O) groups excluding carboxylic acids is 2. The van der Waals surface area contributed by atoms with Gasteiger partial charge < -0.3 is 5.32 Å². The molecule has 0 saturated carbocycles. The van der Waals surface area contributed by atoms with Gasteiger partial charge in [0.15, 0.2) is 5.16 Å². The number of thioether (sulfide) groups is 1. The summed E-state index contributed by atoms with van der Waals surface area (Å²) < 4.78 is 0. The first-order valence-corrected chi connectivity index (χ1v) is 11.7. The number of anilines is 2. The minimum absolute atomic E-state index is 0.0519. The zero-order valence-corrected chi connectivity index (χ0v) is 19.1. The van der Waals surface area contributed by atoms with E-state index in [1.807, 2.05) is 31.2 Å². The second kappa shape index (κ2) is 10.3. The maximum Gasteiger partial charge on any atom is 0.233 e. The number of amides is 2. The zero-order chi connectivity index (χ0) is 21.7. The lowest BCUT2D eigenvalue weighted by molar-refractivity contribution is -0.120. The Morgan fingerprint density at radius 3 is 2.63 bits per heavy atom. The molecule has 1 atom stereocenters. The fourth-order valence-corrected chi connectivity index (χ4v) is 4.12. The van der Waals surface area contributed by atoms with E-state index in [2.05, 4.69) is 29.1 Å². The third kappa shape index (κ3) is 5.32. The molecular formula is C22H27ClN4O2S. The van der Waals surface area contributed by atoms with Gasteiger partial charge in [0.1, 0.15) is 11.6 Å². The molecule has 1 aromatic carbocycles. The Bertz CT molecular complexity index is 920. The van der Waals surface area contributed by atoms with Crippen LogP contribution in [0, 0.1) is 5.92 Å². The monoisotopic (exact) mass is 446 g/mol. The second-order valence-corrected chi connectivity index (χ2v) is 8.97. The first-order valence-electron chi connectivity index (χ1n) is 10.3. The van der Waals surface area contributed by atoms with Crippen LogP contribution in [0.5, 0.6) is 0 Å². The molecule has 1 aromatic heterocycles. The summed E-state index contributed by atoms with van der Waals surface area (Å²) in [6.07, 6.45) is 2.90. The Kier molecular flexibility index (Phi) is 7.72. The molecule has 0 spiro atoms. The highest BCUT2D eigenvalue weighted by Crippen LogP contribution is 2.35. The van der Waals surface area contributed by atoms with Gasteiger partial charge >= 0.3 is 0 Å².